The number of hydrogen-bond acceptors (Lipinski definition) is 4. The van der Waals surface area contributed by atoms with Crippen LogP contribution < -0.4 is 0 Å². The fourth-order valence-electron chi connectivity index (χ4n) is 1.30. The molecule has 1 atom stereocenters. The molecule has 16 heavy (non-hydrogen) atoms. The number of nitrogens with zero attached hydrogens (tertiary/aromatic N) is 1. The SMILES string of the molecule is CC(C(=O)O)N1C(=O)C=C(C(=O)O)CC1=O. The van der Waals surface area contributed by atoms with Crippen molar-refractivity contribution in [2.24, 2.45) is 0 Å². The maximum Gasteiger partial charge on any atom is 0.332 e. The molecule has 1 unspecified atom stereocenters. The summed E-state index contributed by atoms with van der Waals surface area (Å²) >= 11 is 0. The van der Waals surface area contributed by atoms with Crippen LogP contribution in [-0.2, 0) is 19.2 Å². The summed E-state index contributed by atoms with van der Waals surface area (Å²) in [5, 5.41) is 17.3. The van der Waals surface area contributed by atoms with Crippen molar-refractivity contribution < 1.29 is 29.4 Å². The average Bonchev–Trinajstić information content (AvgIpc) is 2.15. The highest BCUT2D eigenvalue weighted by molar-refractivity contribution is 6.12. The number of amides is 2. The molecule has 0 saturated carbocycles. The zero-order valence-corrected chi connectivity index (χ0v) is 8.34. The lowest BCUT2D eigenvalue weighted by Gasteiger charge is -2.26. The van der Waals surface area contributed by atoms with Crippen molar-refractivity contribution in [1.82, 2.24) is 4.90 Å². The standard InChI is InChI=1S/C9H9NO6/c1-4(8(13)14)10-6(11)2-5(9(15)16)3-7(10)12/h2,4H,3H2,1H3,(H,13,14)(H,15,16). The third-order valence-electron chi connectivity index (χ3n) is 2.16. The second kappa shape index (κ2) is 4.13. The molecule has 7 heteroatoms. The monoisotopic (exact) mass is 227 g/mol. The largest absolute Gasteiger partial charge is 0.480 e. The normalized spacial score (nSPS) is 18.1. The van der Waals surface area contributed by atoms with E-state index >= 15 is 0 Å². The topological polar surface area (TPSA) is 112 Å². The Morgan fingerprint density at radius 3 is 2.31 bits per heavy atom. The summed E-state index contributed by atoms with van der Waals surface area (Å²) in [6.07, 6.45) is 0.294. The van der Waals surface area contributed by atoms with E-state index in [-0.39, 0.29) is 5.57 Å². The third-order valence-corrected chi connectivity index (χ3v) is 2.16. The summed E-state index contributed by atoms with van der Waals surface area (Å²) in [5.41, 5.74) is -0.330. The zero-order chi connectivity index (χ0) is 12.5. The molecule has 0 aliphatic carbocycles. The van der Waals surface area contributed by atoms with Crippen LogP contribution in [0.2, 0.25) is 0 Å². The van der Waals surface area contributed by atoms with Crippen LogP contribution in [-0.4, -0.2) is 44.9 Å². The lowest BCUT2D eigenvalue weighted by atomic mass is 10.1. The van der Waals surface area contributed by atoms with Gasteiger partial charge in [0, 0.05) is 6.08 Å². The van der Waals surface area contributed by atoms with Gasteiger partial charge in [0.25, 0.3) is 5.91 Å². The van der Waals surface area contributed by atoms with Crippen LogP contribution in [0.5, 0.6) is 0 Å². The highest BCUT2D eigenvalue weighted by Crippen LogP contribution is 2.16. The molecule has 0 fully saturated rings. The number of carboxylic acid groups (broad SMARTS) is 2. The second-order valence-electron chi connectivity index (χ2n) is 3.27. The number of carboxylic acids is 2. The summed E-state index contributed by atoms with van der Waals surface area (Å²) in [6, 6.07) is -1.30. The Morgan fingerprint density at radius 1 is 1.38 bits per heavy atom. The van der Waals surface area contributed by atoms with Gasteiger partial charge in [0.05, 0.1) is 12.0 Å². The molecule has 1 aliphatic rings. The zero-order valence-electron chi connectivity index (χ0n) is 8.34. The van der Waals surface area contributed by atoms with Crippen molar-refractivity contribution in [3.05, 3.63) is 11.6 Å². The van der Waals surface area contributed by atoms with Gasteiger partial charge in [0.15, 0.2) is 0 Å². The summed E-state index contributed by atoms with van der Waals surface area (Å²) < 4.78 is 0. The number of carbonyl (C=O) groups is 4. The first-order valence-corrected chi connectivity index (χ1v) is 4.37. The van der Waals surface area contributed by atoms with E-state index in [1.54, 1.807) is 0 Å². The molecule has 1 aliphatic heterocycles. The Labute approximate surface area is 90.0 Å². The lowest BCUT2D eigenvalue weighted by molar-refractivity contribution is -0.156. The molecule has 7 nitrogen and oxygen atoms in total. The van der Waals surface area contributed by atoms with E-state index in [9.17, 15) is 19.2 Å². The summed E-state index contributed by atoms with van der Waals surface area (Å²) in [5.74, 6) is -4.42. The van der Waals surface area contributed by atoms with Gasteiger partial charge in [-0.05, 0) is 6.92 Å². The van der Waals surface area contributed by atoms with Crippen LogP contribution in [0.25, 0.3) is 0 Å². The van der Waals surface area contributed by atoms with E-state index in [4.69, 9.17) is 10.2 Å². The van der Waals surface area contributed by atoms with E-state index in [0.29, 0.717) is 4.90 Å². The molecule has 2 amide bonds. The third kappa shape index (κ3) is 2.08. The van der Waals surface area contributed by atoms with Crippen molar-refractivity contribution in [3.63, 3.8) is 0 Å². The molecule has 0 saturated heterocycles. The molecule has 0 aromatic rings. The van der Waals surface area contributed by atoms with Gasteiger partial charge < -0.3 is 10.2 Å². The van der Waals surface area contributed by atoms with Gasteiger partial charge in [-0.1, -0.05) is 0 Å². The lowest BCUT2D eigenvalue weighted by Crippen LogP contribution is -2.48. The predicted octanol–water partition coefficient (Wildman–Crippen LogP) is -0.771. The van der Waals surface area contributed by atoms with Crippen molar-refractivity contribution in [1.29, 1.82) is 0 Å². The van der Waals surface area contributed by atoms with Crippen LogP contribution in [0.4, 0.5) is 0 Å². The van der Waals surface area contributed by atoms with E-state index < -0.39 is 36.2 Å². The van der Waals surface area contributed by atoms with Crippen molar-refractivity contribution in [2.45, 2.75) is 19.4 Å². The number of rotatable bonds is 3. The first-order chi connectivity index (χ1) is 7.34. The van der Waals surface area contributed by atoms with Gasteiger partial charge in [-0.15, -0.1) is 0 Å². The van der Waals surface area contributed by atoms with Gasteiger partial charge in [0.1, 0.15) is 6.04 Å². The number of hydrogen-bond donors (Lipinski definition) is 2. The van der Waals surface area contributed by atoms with Crippen molar-refractivity contribution >= 4 is 23.8 Å². The molecule has 0 bridgehead atoms. The minimum atomic E-state index is -1.36. The van der Waals surface area contributed by atoms with Crippen LogP contribution >= 0.6 is 0 Å². The number of imide groups is 1. The summed E-state index contributed by atoms with van der Waals surface area (Å²) in [6.45, 7) is 1.18. The molecular formula is C9H9NO6. The minimum absolute atomic E-state index is 0.330. The van der Waals surface area contributed by atoms with Gasteiger partial charge in [-0.25, -0.2) is 9.59 Å². The molecule has 0 aromatic carbocycles. The van der Waals surface area contributed by atoms with Gasteiger partial charge >= 0.3 is 11.9 Å². The predicted molar refractivity (Wildman–Crippen MR) is 49.3 cm³/mol. The van der Waals surface area contributed by atoms with Gasteiger partial charge in [-0.2, -0.15) is 0 Å². The molecule has 86 valence electrons. The van der Waals surface area contributed by atoms with Crippen LogP contribution in [0.1, 0.15) is 13.3 Å². The van der Waals surface area contributed by atoms with E-state index in [1.807, 2.05) is 0 Å². The fraction of sp³-hybridized carbons (Fsp3) is 0.333. The highest BCUT2D eigenvalue weighted by atomic mass is 16.4. The molecule has 1 heterocycles. The Hall–Kier alpha value is -2.18. The van der Waals surface area contributed by atoms with E-state index in [2.05, 4.69) is 0 Å². The van der Waals surface area contributed by atoms with Crippen LogP contribution in [0.3, 0.4) is 0 Å². The molecule has 0 radical (unpaired) electrons. The minimum Gasteiger partial charge on any atom is -0.480 e. The molecule has 0 aromatic heterocycles. The number of carbonyl (C=O) groups excluding carboxylic acids is 2. The average molecular weight is 227 g/mol. The van der Waals surface area contributed by atoms with E-state index in [0.717, 1.165) is 6.08 Å². The number of aliphatic carboxylic acids is 2. The first kappa shape index (κ1) is 11.9. The Balaban J connectivity index is 3.02. The molecule has 2 N–H and O–H groups in total. The Kier molecular flexibility index (Phi) is 3.07. The Bertz CT molecular complexity index is 410. The maximum atomic E-state index is 11.4. The summed E-state index contributed by atoms with van der Waals surface area (Å²) in [7, 11) is 0. The second-order valence-corrected chi connectivity index (χ2v) is 3.27. The van der Waals surface area contributed by atoms with Crippen LogP contribution in [0.15, 0.2) is 11.6 Å². The van der Waals surface area contributed by atoms with Gasteiger partial charge in [0.2, 0.25) is 5.91 Å². The smallest absolute Gasteiger partial charge is 0.332 e. The fourth-order valence-corrected chi connectivity index (χ4v) is 1.30. The van der Waals surface area contributed by atoms with E-state index in [1.165, 1.54) is 6.92 Å². The molecule has 0 spiro atoms. The van der Waals surface area contributed by atoms with Crippen LogP contribution in [0, 0.1) is 0 Å². The van der Waals surface area contributed by atoms with Crippen molar-refractivity contribution in [3.8, 4) is 0 Å². The first-order valence-electron chi connectivity index (χ1n) is 4.37. The Morgan fingerprint density at radius 2 is 1.94 bits per heavy atom. The molecular weight excluding hydrogens is 218 g/mol. The van der Waals surface area contributed by atoms with Crippen molar-refractivity contribution in [2.75, 3.05) is 0 Å². The van der Waals surface area contributed by atoms with Gasteiger partial charge in [-0.3, -0.25) is 14.5 Å². The molecule has 1 rings (SSSR count). The quantitative estimate of drug-likeness (QED) is 0.612. The summed E-state index contributed by atoms with van der Waals surface area (Å²) in [4.78, 5) is 44.5. The highest BCUT2D eigenvalue weighted by Gasteiger charge is 2.35. The maximum absolute atomic E-state index is 11.4.